The van der Waals surface area contributed by atoms with Crippen LogP contribution >= 0.6 is 0 Å². The first-order valence-electron chi connectivity index (χ1n) is 8.33. The van der Waals surface area contributed by atoms with Gasteiger partial charge in [0.25, 0.3) is 0 Å². The Morgan fingerprint density at radius 2 is 1.70 bits per heavy atom. The van der Waals surface area contributed by atoms with Crippen molar-refractivity contribution in [3.8, 4) is 0 Å². The van der Waals surface area contributed by atoms with Gasteiger partial charge in [-0.1, -0.05) is 52.8 Å². The van der Waals surface area contributed by atoms with Crippen LogP contribution in [-0.2, 0) is 19.3 Å². The lowest BCUT2D eigenvalue weighted by atomic mass is 9.85. The van der Waals surface area contributed by atoms with Crippen molar-refractivity contribution in [2.24, 2.45) is 5.41 Å². The molecular weight excluding hydrogens is 242 g/mol. The molecule has 1 N–H and O–H groups in total. The lowest BCUT2D eigenvalue weighted by molar-refractivity contribution is 0.315. The summed E-state index contributed by atoms with van der Waals surface area (Å²) >= 11 is 0. The monoisotopic (exact) mass is 275 g/mol. The first-order valence-corrected chi connectivity index (χ1v) is 8.33. The molecule has 0 radical (unpaired) electrons. The number of nitrogens with one attached hydrogen (secondary N) is 1. The smallest absolute Gasteiger partial charge is 0.000263 e. The van der Waals surface area contributed by atoms with Crippen LogP contribution in [0.25, 0.3) is 0 Å². The minimum atomic E-state index is 0.380. The first kappa shape index (κ1) is 17.2. The third-order valence-corrected chi connectivity index (χ3v) is 4.15. The summed E-state index contributed by atoms with van der Waals surface area (Å²) in [5.41, 5.74) is 4.93. The number of aryl methyl sites for hydroxylation is 3. The zero-order valence-corrected chi connectivity index (χ0v) is 14.2. The van der Waals surface area contributed by atoms with E-state index in [0.717, 1.165) is 25.9 Å². The molecule has 0 fully saturated rings. The molecule has 0 amide bonds. The fourth-order valence-corrected chi connectivity index (χ4v) is 2.68. The maximum absolute atomic E-state index is 3.55. The molecule has 0 spiro atoms. The van der Waals surface area contributed by atoms with Crippen molar-refractivity contribution >= 4 is 0 Å². The number of rotatable bonds is 9. The lowest BCUT2D eigenvalue weighted by Gasteiger charge is -2.25. The molecule has 0 atom stereocenters. The van der Waals surface area contributed by atoms with Gasteiger partial charge >= 0.3 is 0 Å². The summed E-state index contributed by atoms with van der Waals surface area (Å²) in [6.07, 6.45) is 5.96. The van der Waals surface area contributed by atoms with Crippen LogP contribution in [0.1, 0.15) is 64.2 Å². The highest BCUT2D eigenvalue weighted by molar-refractivity contribution is 5.32. The summed E-state index contributed by atoms with van der Waals surface area (Å²) in [6, 6.07) is 7.08. The third kappa shape index (κ3) is 5.66. The topological polar surface area (TPSA) is 12.0 Å². The third-order valence-electron chi connectivity index (χ3n) is 4.15. The van der Waals surface area contributed by atoms with Gasteiger partial charge in [-0.25, -0.2) is 0 Å². The summed E-state index contributed by atoms with van der Waals surface area (Å²) in [5.74, 6) is 0. The fourth-order valence-electron chi connectivity index (χ4n) is 2.68. The number of hydrogen-bond acceptors (Lipinski definition) is 1. The van der Waals surface area contributed by atoms with Crippen molar-refractivity contribution in [2.75, 3.05) is 13.1 Å². The van der Waals surface area contributed by atoms with E-state index < -0.39 is 0 Å². The molecule has 0 heterocycles. The van der Waals surface area contributed by atoms with Crippen molar-refractivity contribution in [3.63, 3.8) is 0 Å². The van der Waals surface area contributed by atoms with Crippen molar-refractivity contribution in [3.05, 3.63) is 34.9 Å². The average Bonchev–Trinajstić information content (AvgIpc) is 2.45. The van der Waals surface area contributed by atoms with Gasteiger partial charge in [0.05, 0.1) is 0 Å². The Bertz CT molecular complexity index is 393. The standard InChI is InChI=1S/C19H33N/c1-6-13-20-15-19(4,5)12-11-16-9-10-17(7-2)18(8-3)14-16/h9-10,14,20H,6-8,11-13,15H2,1-5H3. The van der Waals surface area contributed by atoms with E-state index in [1.165, 1.54) is 36.0 Å². The predicted molar refractivity (Wildman–Crippen MR) is 90.5 cm³/mol. The zero-order valence-electron chi connectivity index (χ0n) is 14.2. The van der Waals surface area contributed by atoms with Crippen LogP contribution in [0.15, 0.2) is 18.2 Å². The van der Waals surface area contributed by atoms with Crippen LogP contribution in [0.2, 0.25) is 0 Å². The molecule has 0 saturated carbocycles. The Labute approximate surface area is 126 Å². The summed E-state index contributed by atoms with van der Waals surface area (Å²) in [6.45, 7) is 13.7. The Hall–Kier alpha value is -0.820. The highest BCUT2D eigenvalue weighted by Gasteiger charge is 2.17. The predicted octanol–water partition coefficient (Wildman–Crippen LogP) is 4.77. The molecule has 1 rings (SSSR count). The minimum Gasteiger partial charge on any atom is -0.316 e. The second kappa shape index (κ2) is 8.46. The van der Waals surface area contributed by atoms with E-state index in [2.05, 4.69) is 58.1 Å². The second-order valence-corrected chi connectivity index (χ2v) is 6.65. The van der Waals surface area contributed by atoms with Gasteiger partial charge in [0.15, 0.2) is 0 Å². The van der Waals surface area contributed by atoms with Gasteiger partial charge in [0.1, 0.15) is 0 Å². The van der Waals surface area contributed by atoms with Crippen molar-refractivity contribution < 1.29 is 0 Å². The van der Waals surface area contributed by atoms with Gasteiger partial charge in [-0.3, -0.25) is 0 Å². The van der Waals surface area contributed by atoms with Crippen LogP contribution in [0.5, 0.6) is 0 Å². The first-order chi connectivity index (χ1) is 9.52. The lowest BCUT2D eigenvalue weighted by Crippen LogP contribution is -2.30. The maximum atomic E-state index is 3.55. The molecule has 0 saturated heterocycles. The number of hydrogen-bond donors (Lipinski definition) is 1. The molecule has 1 aromatic rings. The largest absolute Gasteiger partial charge is 0.316 e. The molecule has 1 nitrogen and oxygen atoms in total. The van der Waals surface area contributed by atoms with E-state index in [4.69, 9.17) is 0 Å². The van der Waals surface area contributed by atoms with Crippen molar-refractivity contribution in [2.45, 2.75) is 66.7 Å². The molecule has 0 unspecified atom stereocenters. The van der Waals surface area contributed by atoms with Gasteiger partial charge in [-0.05, 0) is 60.8 Å². The molecule has 0 aliphatic heterocycles. The normalized spacial score (nSPS) is 11.8. The highest BCUT2D eigenvalue weighted by atomic mass is 14.9. The minimum absolute atomic E-state index is 0.380. The molecule has 1 heteroatoms. The van der Waals surface area contributed by atoms with E-state index in [1.807, 2.05) is 0 Å². The van der Waals surface area contributed by atoms with Crippen LogP contribution in [0, 0.1) is 5.41 Å². The summed E-state index contributed by atoms with van der Waals surface area (Å²) in [4.78, 5) is 0. The molecule has 0 aliphatic carbocycles. The maximum Gasteiger partial charge on any atom is 0.000263 e. The molecule has 114 valence electrons. The summed E-state index contributed by atoms with van der Waals surface area (Å²) in [7, 11) is 0. The summed E-state index contributed by atoms with van der Waals surface area (Å²) < 4.78 is 0. The van der Waals surface area contributed by atoms with Crippen LogP contribution in [-0.4, -0.2) is 13.1 Å². The average molecular weight is 275 g/mol. The Morgan fingerprint density at radius 1 is 1.00 bits per heavy atom. The Morgan fingerprint density at radius 3 is 2.30 bits per heavy atom. The van der Waals surface area contributed by atoms with Gasteiger partial charge in [0, 0.05) is 6.54 Å². The molecule has 1 aromatic carbocycles. The van der Waals surface area contributed by atoms with Gasteiger partial charge < -0.3 is 5.32 Å². The van der Waals surface area contributed by atoms with E-state index in [1.54, 1.807) is 0 Å². The fraction of sp³-hybridized carbons (Fsp3) is 0.684. The Kier molecular flexibility index (Phi) is 7.29. The van der Waals surface area contributed by atoms with Gasteiger partial charge in [-0.15, -0.1) is 0 Å². The van der Waals surface area contributed by atoms with Gasteiger partial charge in [0.2, 0.25) is 0 Å². The molecule has 0 aromatic heterocycles. The SMILES string of the molecule is CCCNCC(C)(C)CCc1ccc(CC)c(CC)c1. The van der Waals surface area contributed by atoms with Crippen molar-refractivity contribution in [1.82, 2.24) is 5.32 Å². The molecule has 20 heavy (non-hydrogen) atoms. The van der Waals surface area contributed by atoms with E-state index >= 15 is 0 Å². The highest BCUT2D eigenvalue weighted by Crippen LogP contribution is 2.23. The van der Waals surface area contributed by atoms with Crippen LogP contribution < -0.4 is 5.32 Å². The van der Waals surface area contributed by atoms with Crippen LogP contribution in [0.3, 0.4) is 0 Å². The molecular formula is C19H33N. The van der Waals surface area contributed by atoms with Gasteiger partial charge in [-0.2, -0.15) is 0 Å². The molecule has 0 aliphatic rings. The van der Waals surface area contributed by atoms with Crippen LogP contribution in [0.4, 0.5) is 0 Å². The number of benzene rings is 1. The molecule has 0 bridgehead atoms. The van der Waals surface area contributed by atoms with E-state index in [0.29, 0.717) is 5.41 Å². The zero-order chi connectivity index (χ0) is 15.0. The second-order valence-electron chi connectivity index (χ2n) is 6.65. The summed E-state index contributed by atoms with van der Waals surface area (Å²) in [5, 5.41) is 3.55. The van der Waals surface area contributed by atoms with E-state index in [9.17, 15) is 0 Å². The van der Waals surface area contributed by atoms with E-state index in [-0.39, 0.29) is 0 Å². The van der Waals surface area contributed by atoms with Crippen molar-refractivity contribution in [1.29, 1.82) is 0 Å². The Balaban J connectivity index is 2.56. The quantitative estimate of drug-likeness (QED) is 0.640.